The van der Waals surface area contributed by atoms with Crippen molar-refractivity contribution in [3.8, 4) is 11.5 Å². The Morgan fingerprint density at radius 2 is 1.90 bits per heavy atom. The highest BCUT2D eigenvalue weighted by atomic mass is 16.6. The van der Waals surface area contributed by atoms with E-state index in [0.29, 0.717) is 0 Å². The van der Waals surface area contributed by atoms with Gasteiger partial charge in [-0.05, 0) is 36.3 Å². The number of nitro benzene ring substituents is 1. The number of non-ortho nitro benzene ring substituents is 1. The molecule has 0 atom stereocenters. The van der Waals surface area contributed by atoms with Crippen LogP contribution in [-0.2, 0) is 9.59 Å². The SMILES string of the molecule is COc1cc([N+](=O)[O-])cc(/C=C2/C(=O)NC(=O)N(c3cccc(C)c3)C2=O)c1[O-]. The van der Waals surface area contributed by atoms with Crippen molar-refractivity contribution in [1.82, 2.24) is 5.32 Å². The lowest BCUT2D eigenvalue weighted by Gasteiger charge is -2.27. The van der Waals surface area contributed by atoms with Crippen molar-refractivity contribution in [2.45, 2.75) is 6.92 Å². The molecule has 1 aliphatic rings. The number of methoxy groups -OCH3 is 1. The van der Waals surface area contributed by atoms with Gasteiger partial charge in [-0.2, -0.15) is 0 Å². The lowest BCUT2D eigenvalue weighted by Crippen LogP contribution is -2.54. The van der Waals surface area contributed by atoms with Crippen LogP contribution in [0.5, 0.6) is 11.5 Å². The maximum Gasteiger partial charge on any atom is 0.335 e. The number of benzene rings is 2. The number of carbonyl (C=O) groups excluding carboxylic acids is 3. The second-order valence-electron chi connectivity index (χ2n) is 6.12. The Bertz CT molecular complexity index is 1090. The van der Waals surface area contributed by atoms with E-state index in [1.165, 1.54) is 6.07 Å². The van der Waals surface area contributed by atoms with E-state index in [1.54, 1.807) is 25.1 Å². The van der Waals surface area contributed by atoms with Gasteiger partial charge in [0.25, 0.3) is 17.5 Å². The first kappa shape index (κ1) is 19.5. The summed E-state index contributed by atoms with van der Waals surface area (Å²) in [6.45, 7) is 1.76. The molecule has 10 heteroatoms. The van der Waals surface area contributed by atoms with Crippen LogP contribution in [0, 0.1) is 17.0 Å². The minimum atomic E-state index is -1.02. The number of ether oxygens (including phenoxy) is 1. The third-order valence-corrected chi connectivity index (χ3v) is 4.16. The predicted molar refractivity (Wildman–Crippen MR) is 99.3 cm³/mol. The molecule has 0 unspecified atom stereocenters. The Morgan fingerprint density at radius 1 is 1.17 bits per heavy atom. The molecule has 1 heterocycles. The van der Waals surface area contributed by atoms with Crippen LogP contribution in [0.25, 0.3) is 6.08 Å². The van der Waals surface area contributed by atoms with Gasteiger partial charge in [0.1, 0.15) is 11.3 Å². The fourth-order valence-corrected chi connectivity index (χ4v) is 2.79. The van der Waals surface area contributed by atoms with E-state index in [2.05, 4.69) is 0 Å². The summed E-state index contributed by atoms with van der Waals surface area (Å²) < 4.78 is 4.84. The molecule has 0 saturated carbocycles. The zero-order valence-corrected chi connectivity index (χ0v) is 15.3. The fourth-order valence-electron chi connectivity index (χ4n) is 2.79. The summed E-state index contributed by atoms with van der Waals surface area (Å²) >= 11 is 0. The summed E-state index contributed by atoms with van der Waals surface area (Å²) in [5, 5.41) is 25.5. The average molecular weight is 396 g/mol. The van der Waals surface area contributed by atoms with Crippen LogP contribution in [0.3, 0.4) is 0 Å². The van der Waals surface area contributed by atoms with Gasteiger partial charge in [0.15, 0.2) is 0 Å². The molecule has 0 spiro atoms. The first-order valence-electron chi connectivity index (χ1n) is 8.24. The number of urea groups is 1. The van der Waals surface area contributed by atoms with Crippen molar-refractivity contribution in [3.05, 3.63) is 63.2 Å². The first-order valence-corrected chi connectivity index (χ1v) is 8.24. The summed E-state index contributed by atoms with van der Waals surface area (Å²) in [6.07, 6.45) is 0.907. The molecule has 0 radical (unpaired) electrons. The maximum atomic E-state index is 12.9. The lowest BCUT2D eigenvalue weighted by atomic mass is 10.0. The molecule has 4 amide bonds. The van der Waals surface area contributed by atoms with Crippen LogP contribution in [0.1, 0.15) is 11.1 Å². The van der Waals surface area contributed by atoms with Crippen LogP contribution in [0.15, 0.2) is 42.0 Å². The van der Waals surface area contributed by atoms with E-state index in [1.807, 2.05) is 5.32 Å². The number of nitro groups is 1. The smallest absolute Gasteiger partial charge is 0.335 e. The Kier molecular flexibility index (Phi) is 5.01. The second kappa shape index (κ2) is 7.43. The van der Waals surface area contributed by atoms with Gasteiger partial charge in [0, 0.05) is 6.07 Å². The minimum absolute atomic E-state index is 0.227. The number of carbonyl (C=O) groups is 3. The number of imide groups is 2. The maximum absolute atomic E-state index is 12.9. The van der Waals surface area contributed by atoms with Gasteiger partial charge >= 0.3 is 6.03 Å². The summed E-state index contributed by atoms with van der Waals surface area (Å²) in [6, 6.07) is 7.39. The molecule has 2 aromatic carbocycles. The molecule has 148 valence electrons. The third-order valence-electron chi connectivity index (χ3n) is 4.16. The van der Waals surface area contributed by atoms with E-state index in [4.69, 9.17) is 4.74 Å². The molecule has 0 bridgehead atoms. The summed E-state index contributed by atoms with van der Waals surface area (Å²) in [4.78, 5) is 48.4. The number of hydrogen-bond donors (Lipinski definition) is 1. The topological polar surface area (TPSA) is 142 Å². The molecule has 29 heavy (non-hydrogen) atoms. The average Bonchev–Trinajstić information content (AvgIpc) is 2.66. The zero-order valence-electron chi connectivity index (χ0n) is 15.3. The first-order chi connectivity index (χ1) is 13.7. The second-order valence-corrected chi connectivity index (χ2v) is 6.12. The molecule has 3 rings (SSSR count). The van der Waals surface area contributed by atoms with Gasteiger partial charge in [-0.1, -0.05) is 17.9 Å². The van der Waals surface area contributed by atoms with Crippen LogP contribution in [-0.4, -0.2) is 29.9 Å². The van der Waals surface area contributed by atoms with Crippen LogP contribution >= 0.6 is 0 Å². The van der Waals surface area contributed by atoms with Gasteiger partial charge in [-0.3, -0.25) is 25.0 Å². The number of anilines is 1. The summed E-state index contributed by atoms with van der Waals surface area (Å²) in [7, 11) is 1.16. The number of barbiturate groups is 1. The molecule has 10 nitrogen and oxygen atoms in total. The molecule has 2 aromatic rings. The largest absolute Gasteiger partial charge is 0.870 e. The highest BCUT2D eigenvalue weighted by molar-refractivity contribution is 6.39. The molecular weight excluding hydrogens is 382 g/mol. The highest BCUT2D eigenvalue weighted by Gasteiger charge is 2.37. The minimum Gasteiger partial charge on any atom is -0.870 e. The molecule has 1 saturated heterocycles. The quantitative estimate of drug-likeness (QED) is 0.358. The summed E-state index contributed by atoms with van der Waals surface area (Å²) in [5.41, 5.74) is -0.275. The highest BCUT2D eigenvalue weighted by Crippen LogP contribution is 2.34. The van der Waals surface area contributed by atoms with Gasteiger partial charge in [0.05, 0.1) is 23.8 Å². The molecule has 1 aliphatic heterocycles. The molecule has 1 N–H and O–H groups in total. The Hall–Kier alpha value is -4.21. The van der Waals surface area contributed by atoms with Gasteiger partial charge in [0.2, 0.25) is 0 Å². The Morgan fingerprint density at radius 3 is 2.52 bits per heavy atom. The van der Waals surface area contributed by atoms with E-state index >= 15 is 0 Å². The van der Waals surface area contributed by atoms with Crippen LogP contribution in [0.2, 0.25) is 0 Å². The van der Waals surface area contributed by atoms with Crippen molar-refractivity contribution < 1.29 is 29.2 Å². The summed E-state index contributed by atoms with van der Waals surface area (Å²) in [5.74, 6) is -3.05. The van der Waals surface area contributed by atoms with Crippen molar-refractivity contribution in [3.63, 3.8) is 0 Å². The Balaban J connectivity index is 2.12. The van der Waals surface area contributed by atoms with E-state index in [0.717, 1.165) is 35.8 Å². The number of amides is 4. The number of aryl methyl sites for hydroxylation is 1. The van der Waals surface area contributed by atoms with Crippen molar-refractivity contribution in [1.29, 1.82) is 0 Å². The fraction of sp³-hybridized carbons (Fsp3) is 0.105. The predicted octanol–water partition coefficient (Wildman–Crippen LogP) is 1.65. The number of hydrogen-bond acceptors (Lipinski definition) is 7. The van der Waals surface area contributed by atoms with E-state index in [9.17, 15) is 29.6 Å². The van der Waals surface area contributed by atoms with Crippen molar-refractivity contribution >= 4 is 35.3 Å². The van der Waals surface area contributed by atoms with Crippen LogP contribution < -0.4 is 20.1 Å². The number of nitrogens with one attached hydrogen (secondary N) is 1. The van der Waals surface area contributed by atoms with Crippen molar-refractivity contribution in [2.24, 2.45) is 0 Å². The molecule has 1 fully saturated rings. The van der Waals surface area contributed by atoms with Gasteiger partial charge in [-0.15, -0.1) is 0 Å². The standard InChI is InChI=1S/C19H15N3O7/c1-10-4-3-5-12(6-10)21-18(25)14(17(24)20-19(21)26)8-11-7-13(22(27)28)9-15(29-2)16(11)23/h3-9,23H,1-2H3,(H,20,24,26)/p-1/b14-8-. The molecular formula is C19H14N3O7-. The van der Waals surface area contributed by atoms with Crippen molar-refractivity contribution in [2.75, 3.05) is 12.0 Å². The van der Waals surface area contributed by atoms with Gasteiger partial charge in [-0.25, -0.2) is 9.69 Å². The molecule has 0 aromatic heterocycles. The monoisotopic (exact) mass is 396 g/mol. The molecule has 0 aliphatic carbocycles. The number of rotatable bonds is 4. The Labute approximate surface area is 164 Å². The van der Waals surface area contributed by atoms with Gasteiger partial charge < -0.3 is 9.84 Å². The van der Waals surface area contributed by atoms with E-state index < -0.39 is 39.8 Å². The number of nitrogens with zero attached hydrogens (tertiary/aromatic N) is 2. The normalized spacial score (nSPS) is 15.4. The lowest BCUT2D eigenvalue weighted by molar-refractivity contribution is -0.385. The van der Waals surface area contributed by atoms with Crippen LogP contribution in [0.4, 0.5) is 16.2 Å². The zero-order chi connectivity index (χ0) is 21.3. The van der Waals surface area contributed by atoms with E-state index in [-0.39, 0.29) is 17.0 Å². The third kappa shape index (κ3) is 3.63.